The Morgan fingerprint density at radius 2 is 1.84 bits per heavy atom. The Bertz CT molecular complexity index is 862. The molecule has 136 valence electrons. The molecule has 9 nitrogen and oxygen atoms in total. The molecule has 1 aromatic rings. The summed E-state index contributed by atoms with van der Waals surface area (Å²) in [7, 11) is 1.30. The summed E-state index contributed by atoms with van der Waals surface area (Å²) in [6, 6.07) is 4.00. The van der Waals surface area contributed by atoms with Gasteiger partial charge in [-0.05, 0) is 19.1 Å². The Morgan fingerprint density at radius 1 is 1.20 bits per heavy atom. The number of nitrogens with one attached hydrogen (secondary N) is 1. The third-order valence-electron chi connectivity index (χ3n) is 4.01. The first-order valence-electron chi connectivity index (χ1n) is 7.26. The molecule has 1 aliphatic heterocycles. The molecule has 10 heteroatoms. The molecular formula is C15H20N3O6S+. The molecule has 1 unspecified atom stereocenters. The van der Waals surface area contributed by atoms with Crippen molar-refractivity contribution in [3.05, 3.63) is 18.2 Å². The number of imide groups is 1. The van der Waals surface area contributed by atoms with Crippen molar-refractivity contribution in [3.63, 3.8) is 0 Å². The quantitative estimate of drug-likeness (QED) is 0.757. The number of ether oxygens (including phenoxy) is 2. The monoisotopic (exact) mass is 370 g/mol. The normalized spacial score (nSPS) is 18.4. The van der Waals surface area contributed by atoms with Crippen LogP contribution in [0.1, 0.15) is 6.92 Å². The molecule has 1 aromatic carbocycles. The van der Waals surface area contributed by atoms with Gasteiger partial charge in [-0.1, -0.05) is 0 Å². The Kier molecular flexibility index (Phi) is 5.02. The Balaban J connectivity index is 2.49. The zero-order valence-electron chi connectivity index (χ0n) is 14.6. The van der Waals surface area contributed by atoms with E-state index in [1.807, 2.05) is 0 Å². The van der Waals surface area contributed by atoms with Crippen molar-refractivity contribution in [1.82, 2.24) is 4.90 Å². The molecule has 0 bridgehead atoms. The van der Waals surface area contributed by atoms with Gasteiger partial charge in [-0.3, -0.25) is 4.72 Å². The summed E-state index contributed by atoms with van der Waals surface area (Å²) in [6.45, 7) is 1.43. The maximum atomic E-state index is 12.8. The van der Waals surface area contributed by atoms with E-state index in [-0.39, 0.29) is 17.1 Å². The molecule has 1 aliphatic rings. The second-order valence-corrected chi connectivity index (χ2v) is 7.24. The zero-order chi connectivity index (χ0) is 18.9. The smallest absolute Gasteiger partial charge is 0.497 e. The van der Waals surface area contributed by atoms with Gasteiger partial charge in [0.15, 0.2) is 0 Å². The van der Waals surface area contributed by atoms with Crippen LogP contribution in [0.5, 0.6) is 11.5 Å². The first-order chi connectivity index (χ1) is 11.6. The fourth-order valence-electron chi connectivity index (χ4n) is 2.46. The van der Waals surface area contributed by atoms with Crippen LogP contribution in [0.2, 0.25) is 0 Å². The predicted molar refractivity (Wildman–Crippen MR) is 90.9 cm³/mol. The molecule has 0 fully saturated rings. The summed E-state index contributed by atoms with van der Waals surface area (Å²) < 4.78 is 39.4. The fourth-order valence-corrected chi connectivity index (χ4v) is 4.08. The van der Waals surface area contributed by atoms with Gasteiger partial charge in [-0.15, -0.1) is 0 Å². The van der Waals surface area contributed by atoms with Crippen molar-refractivity contribution in [2.45, 2.75) is 12.2 Å². The number of benzene rings is 1. The van der Waals surface area contributed by atoms with E-state index in [2.05, 4.69) is 4.72 Å². The fraction of sp³-hybridized carbons (Fsp3) is 0.400. The van der Waals surface area contributed by atoms with Gasteiger partial charge in [0.1, 0.15) is 17.2 Å². The van der Waals surface area contributed by atoms with Crippen molar-refractivity contribution in [3.8, 4) is 11.5 Å². The number of rotatable bonds is 5. The highest BCUT2D eigenvalue weighted by Gasteiger charge is 2.50. The van der Waals surface area contributed by atoms with Gasteiger partial charge in [-0.2, -0.15) is 14.3 Å². The summed E-state index contributed by atoms with van der Waals surface area (Å²) in [5.41, 5.74) is 0.243. The van der Waals surface area contributed by atoms with Crippen LogP contribution in [0.25, 0.3) is 0 Å². The Labute approximate surface area is 145 Å². The van der Waals surface area contributed by atoms with Crippen LogP contribution < -0.4 is 14.2 Å². The highest BCUT2D eigenvalue weighted by atomic mass is 32.2. The highest BCUT2D eigenvalue weighted by Crippen LogP contribution is 2.30. The van der Waals surface area contributed by atoms with Gasteiger partial charge in [0.05, 0.1) is 34.0 Å². The van der Waals surface area contributed by atoms with Gasteiger partial charge in [-0.25, -0.2) is 13.2 Å². The van der Waals surface area contributed by atoms with Crippen molar-refractivity contribution in [2.75, 3.05) is 33.0 Å². The number of hydrogen-bond donors (Lipinski definition) is 1. The summed E-state index contributed by atoms with van der Waals surface area (Å²) in [6.07, 6.45) is 0. The first-order valence-corrected chi connectivity index (χ1v) is 8.81. The predicted octanol–water partition coefficient (Wildman–Crippen LogP) is 0.509. The van der Waals surface area contributed by atoms with Crippen LogP contribution in [0.15, 0.2) is 18.2 Å². The summed E-state index contributed by atoms with van der Waals surface area (Å²) in [5, 5.41) is -1.53. The van der Waals surface area contributed by atoms with E-state index in [1.165, 1.54) is 47.4 Å². The second kappa shape index (κ2) is 6.71. The average molecular weight is 370 g/mol. The number of amides is 3. The van der Waals surface area contributed by atoms with E-state index in [4.69, 9.17) is 9.47 Å². The van der Waals surface area contributed by atoms with Gasteiger partial charge < -0.3 is 9.47 Å². The van der Waals surface area contributed by atoms with Crippen LogP contribution in [-0.2, 0) is 14.8 Å². The molecular weight excluding hydrogens is 350 g/mol. The van der Waals surface area contributed by atoms with E-state index in [0.717, 1.165) is 9.48 Å². The number of nitrogens with zero attached hydrogens (tertiary/aromatic N) is 2. The molecule has 2 rings (SSSR count). The van der Waals surface area contributed by atoms with Gasteiger partial charge in [0.25, 0.3) is 10.0 Å². The van der Waals surface area contributed by atoms with Crippen LogP contribution in [-0.4, -0.2) is 69.1 Å². The van der Waals surface area contributed by atoms with Crippen molar-refractivity contribution < 1.29 is 32.1 Å². The molecule has 1 N–H and O–H groups in total. The summed E-state index contributed by atoms with van der Waals surface area (Å²) in [4.78, 5) is 25.1. The molecule has 1 heterocycles. The lowest BCUT2D eigenvalue weighted by Gasteiger charge is -2.24. The molecule has 0 saturated heterocycles. The number of carbonyl (C=O) groups is 2. The van der Waals surface area contributed by atoms with E-state index < -0.39 is 27.2 Å². The maximum absolute atomic E-state index is 12.8. The molecule has 0 spiro atoms. The molecule has 25 heavy (non-hydrogen) atoms. The van der Waals surface area contributed by atoms with E-state index in [0.29, 0.717) is 5.75 Å². The minimum atomic E-state index is -4.19. The number of methoxy groups -OCH3 is 2. The van der Waals surface area contributed by atoms with Crippen molar-refractivity contribution in [1.29, 1.82) is 0 Å². The lowest BCUT2D eigenvalue weighted by atomic mass is 10.2. The number of hydrogen-bond acceptors (Lipinski definition) is 6. The van der Waals surface area contributed by atoms with Gasteiger partial charge >= 0.3 is 11.9 Å². The molecule has 0 saturated carbocycles. The largest absolute Gasteiger partial charge is 0.500 e. The molecule has 1 atom stereocenters. The van der Waals surface area contributed by atoms with Crippen LogP contribution in [0, 0.1) is 0 Å². The van der Waals surface area contributed by atoms with E-state index in [1.54, 1.807) is 6.07 Å². The third-order valence-corrected chi connectivity index (χ3v) is 5.67. The van der Waals surface area contributed by atoms with E-state index >= 15 is 0 Å². The molecule has 3 amide bonds. The lowest BCUT2D eigenvalue weighted by molar-refractivity contribution is -0.405. The SMILES string of the molecule is COc1ccc(OC)c(NS(=O)(=O)C2C(=O)N(C)C(=O)[N+](C)=C2C)c1. The molecule has 0 aliphatic carbocycles. The van der Waals surface area contributed by atoms with Crippen LogP contribution in [0.4, 0.5) is 10.5 Å². The van der Waals surface area contributed by atoms with Gasteiger partial charge in [0, 0.05) is 6.07 Å². The summed E-state index contributed by atoms with van der Waals surface area (Å²) >= 11 is 0. The minimum absolute atomic E-state index is 0.113. The molecule has 0 aromatic heterocycles. The first kappa shape index (κ1) is 18.7. The van der Waals surface area contributed by atoms with Crippen LogP contribution in [0.3, 0.4) is 0 Å². The Morgan fingerprint density at radius 3 is 2.40 bits per heavy atom. The zero-order valence-corrected chi connectivity index (χ0v) is 15.4. The number of carbonyl (C=O) groups excluding carboxylic acids is 2. The Hall–Kier alpha value is -2.62. The second-order valence-electron chi connectivity index (χ2n) is 5.47. The number of anilines is 1. The van der Waals surface area contributed by atoms with Crippen molar-refractivity contribution >= 4 is 33.4 Å². The highest BCUT2D eigenvalue weighted by molar-refractivity contribution is 7.94. The van der Waals surface area contributed by atoms with Crippen molar-refractivity contribution in [2.24, 2.45) is 0 Å². The third kappa shape index (κ3) is 3.29. The number of urea groups is 1. The average Bonchev–Trinajstić information content (AvgIpc) is 2.57. The summed E-state index contributed by atoms with van der Waals surface area (Å²) in [5.74, 6) is -0.142. The molecule has 0 radical (unpaired) electrons. The number of sulfonamides is 1. The van der Waals surface area contributed by atoms with Crippen LogP contribution >= 0.6 is 0 Å². The van der Waals surface area contributed by atoms with Gasteiger partial charge in [0.2, 0.25) is 5.25 Å². The maximum Gasteiger partial charge on any atom is 0.500 e. The van der Waals surface area contributed by atoms with E-state index in [9.17, 15) is 18.0 Å². The minimum Gasteiger partial charge on any atom is -0.497 e. The topological polar surface area (TPSA) is 105 Å². The standard InChI is InChI=1S/C15H20N3O6S/c1-9-13(14(19)18(3)15(20)17(9)2)25(21,22)16-11-8-10(23-4)6-7-12(11)24-5/h6-8,13,16H,1-5H3/q+1. The lowest BCUT2D eigenvalue weighted by Crippen LogP contribution is -2.57.